The number of anilines is 1. The Labute approximate surface area is 122 Å². The molecule has 0 fully saturated rings. The highest BCUT2D eigenvalue weighted by Gasteiger charge is 2.14. The molecule has 0 spiro atoms. The fourth-order valence-corrected chi connectivity index (χ4v) is 2.65. The van der Waals surface area contributed by atoms with Gasteiger partial charge in [-0.05, 0) is 36.8 Å². The molecule has 1 heterocycles. The van der Waals surface area contributed by atoms with Crippen molar-refractivity contribution in [3.63, 3.8) is 0 Å². The first-order chi connectivity index (χ1) is 9.63. The van der Waals surface area contributed by atoms with E-state index in [4.69, 9.17) is 15.2 Å². The molecular formula is C15H17NO3S. The molecule has 0 saturated carbocycles. The molecule has 0 aliphatic carbocycles. The van der Waals surface area contributed by atoms with Gasteiger partial charge in [-0.15, -0.1) is 11.3 Å². The van der Waals surface area contributed by atoms with Gasteiger partial charge in [-0.2, -0.15) is 0 Å². The molecule has 4 nitrogen and oxygen atoms in total. The van der Waals surface area contributed by atoms with Crippen LogP contribution in [0.4, 0.5) is 5.69 Å². The Morgan fingerprint density at radius 3 is 2.65 bits per heavy atom. The topological polar surface area (TPSA) is 61.5 Å². The van der Waals surface area contributed by atoms with Crippen molar-refractivity contribution in [2.75, 3.05) is 12.8 Å². The molecule has 0 radical (unpaired) electrons. The maximum absolute atomic E-state index is 11.7. The van der Waals surface area contributed by atoms with Gasteiger partial charge in [0.05, 0.1) is 7.11 Å². The number of carbonyl (C=O) groups is 1. The van der Waals surface area contributed by atoms with Gasteiger partial charge < -0.3 is 15.2 Å². The lowest BCUT2D eigenvalue weighted by Gasteiger charge is -2.10. The maximum atomic E-state index is 11.7. The lowest BCUT2D eigenvalue weighted by atomic mass is 10.2. The third kappa shape index (κ3) is 3.30. The van der Waals surface area contributed by atoms with Gasteiger partial charge in [-0.1, -0.05) is 6.92 Å². The summed E-state index contributed by atoms with van der Waals surface area (Å²) >= 11 is 1.71. The Hall–Kier alpha value is -2.01. The van der Waals surface area contributed by atoms with E-state index >= 15 is 0 Å². The second-order valence-corrected chi connectivity index (χ2v) is 5.51. The molecule has 0 amide bonds. The Balaban J connectivity index is 2.14. The van der Waals surface area contributed by atoms with Crippen LogP contribution < -0.4 is 10.5 Å². The molecule has 0 unspecified atom stereocenters. The summed E-state index contributed by atoms with van der Waals surface area (Å²) in [5.41, 5.74) is 6.54. The second-order valence-electron chi connectivity index (χ2n) is 4.26. The van der Waals surface area contributed by atoms with E-state index in [0.29, 0.717) is 23.6 Å². The van der Waals surface area contributed by atoms with Gasteiger partial charge in [-0.3, -0.25) is 0 Å². The van der Waals surface area contributed by atoms with Crippen LogP contribution in [0.1, 0.15) is 27.0 Å². The first kappa shape index (κ1) is 14.4. The molecule has 5 heteroatoms. The summed E-state index contributed by atoms with van der Waals surface area (Å²) in [5, 5.41) is 0. The largest absolute Gasteiger partial charge is 0.487 e. The van der Waals surface area contributed by atoms with Crippen LogP contribution in [0.3, 0.4) is 0 Å². The number of esters is 1. The number of hydrogen-bond acceptors (Lipinski definition) is 5. The molecule has 20 heavy (non-hydrogen) atoms. The predicted octanol–water partition coefficient (Wildman–Crippen LogP) is 3.26. The van der Waals surface area contributed by atoms with Crippen molar-refractivity contribution in [2.45, 2.75) is 20.0 Å². The first-order valence-electron chi connectivity index (χ1n) is 6.32. The van der Waals surface area contributed by atoms with Crippen LogP contribution in [-0.4, -0.2) is 13.1 Å². The Kier molecular flexibility index (Phi) is 4.63. The fourth-order valence-electron chi connectivity index (χ4n) is 1.78. The van der Waals surface area contributed by atoms with E-state index in [-0.39, 0.29) is 0 Å². The van der Waals surface area contributed by atoms with Crippen LogP contribution >= 0.6 is 11.3 Å². The van der Waals surface area contributed by atoms with Crippen molar-refractivity contribution in [2.24, 2.45) is 0 Å². The molecular weight excluding hydrogens is 274 g/mol. The highest BCUT2D eigenvalue weighted by Crippen LogP contribution is 2.25. The van der Waals surface area contributed by atoms with Crippen LogP contribution in [0.25, 0.3) is 0 Å². The van der Waals surface area contributed by atoms with Crippen molar-refractivity contribution in [3.05, 3.63) is 45.6 Å². The van der Waals surface area contributed by atoms with Gasteiger partial charge >= 0.3 is 5.97 Å². The van der Waals surface area contributed by atoms with Gasteiger partial charge in [0.1, 0.15) is 17.9 Å². The van der Waals surface area contributed by atoms with Crippen LogP contribution in [0.2, 0.25) is 0 Å². The van der Waals surface area contributed by atoms with Gasteiger partial charge in [0.2, 0.25) is 0 Å². The molecule has 0 bridgehead atoms. The third-order valence-corrected chi connectivity index (χ3v) is 4.05. The minimum Gasteiger partial charge on any atom is -0.487 e. The average Bonchev–Trinajstić information content (AvgIpc) is 2.93. The standard InChI is InChI=1S/C15H17NO3S/c1-3-11-5-6-12(20-11)9-19-14-7-4-10(16)8-13(14)15(17)18-2/h4-8H,3,9,16H2,1-2H3. The Morgan fingerprint density at radius 1 is 1.25 bits per heavy atom. The number of benzene rings is 1. The number of aryl methyl sites for hydroxylation is 1. The second kappa shape index (κ2) is 6.43. The molecule has 2 aromatic rings. The lowest BCUT2D eigenvalue weighted by Crippen LogP contribution is -2.06. The number of rotatable bonds is 5. The smallest absolute Gasteiger partial charge is 0.341 e. The van der Waals surface area contributed by atoms with E-state index in [1.807, 2.05) is 6.07 Å². The summed E-state index contributed by atoms with van der Waals surface area (Å²) < 4.78 is 10.4. The number of ether oxygens (including phenoxy) is 2. The monoisotopic (exact) mass is 291 g/mol. The molecule has 1 aromatic carbocycles. The minimum atomic E-state index is -0.451. The molecule has 2 N–H and O–H groups in total. The molecule has 106 valence electrons. The number of nitrogens with two attached hydrogens (primary N) is 1. The number of methoxy groups -OCH3 is 1. The molecule has 2 rings (SSSR count). The molecule has 1 aromatic heterocycles. The summed E-state index contributed by atoms with van der Waals surface area (Å²) in [6, 6.07) is 9.09. The summed E-state index contributed by atoms with van der Waals surface area (Å²) in [5.74, 6) is 0.0326. The zero-order chi connectivity index (χ0) is 14.5. The van der Waals surface area contributed by atoms with E-state index in [1.54, 1.807) is 29.5 Å². The van der Waals surface area contributed by atoms with Crippen molar-refractivity contribution < 1.29 is 14.3 Å². The van der Waals surface area contributed by atoms with E-state index < -0.39 is 5.97 Å². The highest BCUT2D eigenvalue weighted by atomic mass is 32.1. The van der Waals surface area contributed by atoms with Gasteiger partial charge in [0.25, 0.3) is 0 Å². The maximum Gasteiger partial charge on any atom is 0.341 e. The fraction of sp³-hybridized carbons (Fsp3) is 0.267. The first-order valence-corrected chi connectivity index (χ1v) is 7.14. The zero-order valence-electron chi connectivity index (χ0n) is 11.5. The summed E-state index contributed by atoms with van der Waals surface area (Å²) in [4.78, 5) is 14.1. The Bertz CT molecular complexity index is 607. The quantitative estimate of drug-likeness (QED) is 0.678. The van der Waals surface area contributed by atoms with Gasteiger partial charge in [-0.25, -0.2) is 4.79 Å². The number of hydrogen-bond donors (Lipinski definition) is 1. The average molecular weight is 291 g/mol. The Morgan fingerprint density at radius 2 is 2.00 bits per heavy atom. The van der Waals surface area contributed by atoms with Crippen molar-refractivity contribution in [3.8, 4) is 5.75 Å². The van der Waals surface area contributed by atoms with E-state index in [9.17, 15) is 4.79 Å². The molecule has 0 atom stereocenters. The zero-order valence-corrected chi connectivity index (χ0v) is 12.3. The van der Waals surface area contributed by atoms with Gasteiger partial charge in [0.15, 0.2) is 0 Å². The number of nitrogen functional groups attached to an aromatic ring is 1. The summed E-state index contributed by atoms with van der Waals surface area (Å²) in [6.45, 7) is 2.55. The van der Waals surface area contributed by atoms with E-state index in [0.717, 1.165) is 11.3 Å². The van der Waals surface area contributed by atoms with Crippen LogP contribution in [-0.2, 0) is 17.8 Å². The van der Waals surface area contributed by atoms with Crippen LogP contribution in [0, 0.1) is 0 Å². The SMILES string of the molecule is CCc1ccc(COc2ccc(N)cc2C(=O)OC)s1. The lowest BCUT2D eigenvalue weighted by molar-refractivity contribution is 0.0595. The van der Waals surface area contributed by atoms with Crippen molar-refractivity contribution in [1.29, 1.82) is 0 Å². The summed E-state index contributed by atoms with van der Waals surface area (Å²) in [6.07, 6.45) is 1.01. The highest BCUT2D eigenvalue weighted by molar-refractivity contribution is 7.11. The molecule has 0 aliphatic rings. The molecule has 0 saturated heterocycles. The normalized spacial score (nSPS) is 10.3. The predicted molar refractivity (Wildman–Crippen MR) is 80.2 cm³/mol. The van der Waals surface area contributed by atoms with E-state index in [2.05, 4.69) is 13.0 Å². The van der Waals surface area contributed by atoms with E-state index in [1.165, 1.54) is 12.0 Å². The van der Waals surface area contributed by atoms with Crippen LogP contribution in [0.5, 0.6) is 5.75 Å². The third-order valence-electron chi connectivity index (χ3n) is 2.84. The molecule has 0 aliphatic heterocycles. The minimum absolute atomic E-state index is 0.347. The van der Waals surface area contributed by atoms with Crippen molar-refractivity contribution in [1.82, 2.24) is 0 Å². The summed E-state index contributed by atoms with van der Waals surface area (Å²) in [7, 11) is 1.34. The number of carbonyl (C=O) groups excluding carboxylic acids is 1. The van der Waals surface area contributed by atoms with Gasteiger partial charge in [0, 0.05) is 15.4 Å². The van der Waals surface area contributed by atoms with Crippen LogP contribution in [0.15, 0.2) is 30.3 Å². The van der Waals surface area contributed by atoms with Crippen molar-refractivity contribution >= 4 is 23.0 Å². The number of thiophene rings is 1.